The van der Waals surface area contributed by atoms with E-state index < -0.39 is 0 Å². The van der Waals surface area contributed by atoms with E-state index in [0.717, 1.165) is 33.3 Å². The Morgan fingerprint density at radius 3 is 2.36 bits per heavy atom. The Balaban J connectivity index is 1.46. The number of hydrogen-bond donors (Lipinski definition) is 1. The Morgan fingerprint density at radius 2 is 1.62 bits per heavy atom. The maximum Gasteiger partial charge on any atom is 0.268 e. The first-order valence-electron chi connectivity index (χ1n) is 12.8. The predicted octanol–water partition coefficient (Wildman–Crippen LogP) is 6.14. The molecule has 194 valence electrons. The van der Waals surface area contributed by atoms with Gasteiger partial charge in [0.25, 0.3) is 5.91 Å². The van der Waals surface area contributed by atoms with Gasteiger partial charge in [0.1, 0.15) is 18.1 Å². The number of carbonyl (C=O) groups excluding carboxylic acids is 1. The summed E-state index contributed by atoms with van der Waals surface area (Å²) in [6, 6.07) is 35.6. The molecule has 0 bridgehead atoms. The van der Waals surface area contributed by atoms with Crippen molar-refractivity contribution >= 4 is 22.5 Å². The number of nitrogens with one attached hydrogen (secondary N) is 1. The highest BCUT2D eigenvalue weighted by molar-refractivity contribution is 6.00. The van der Waals surface area contributed by atoms with Gasteiger partial charge in [-0.25, -0.2) is 0 Å². The lowest BCUT2D eigenvalue weighted by atomic mass is 10.1. The molecule has 0 unspecified atom stereocenters. The van der Waals surface area contributed by atoms with Crippen LogP contribution in [0.25, 0.3) is 10.9 Å². The largest absolute Gasteiger partial charge is 0.488 e. The molecule has 1 aromatic heterocycles. The lowest BCUT2D eigenvalue weighted by Gasteiger charge is -2.14. The van der Waals surface area contributed by atoms with Gasteiger partial charge < -0.3 is 19.5 Å². The van der Waals surface area contributed by atoms with Gasteiger partial charge >= 0.3 is 0 Å². The van der Waals surface area contributed by atoms with E-state index >= 15 is 0 Å². The molecule has 0 saturated carbocycles. The Bertz CT molecular complexity index is 1630. The first kappa shape index (κ1) is 25.6. The zero-order valence-corrected chi connectivity index (χ0v) is 22.1. The fraction of sp³-hybridized carbons (Fsp3) is 0.152. The van der Waals surface area contributed by atoms with Gasteiger partial charge in [0.15, 0.2) is 0 Å². The highest BCUT2D eigenvalue weighted by Crippen LogP contribution is 2.31. The Labute approximate surface area is 228 Å². The number of hydrogen-bond acceptors (Lipinski definition) is 4. The Kier molecular flexibility index (Phi) is 7.60. The van der Waals surface area contributed by atoms with Crippen LogP contribution in [0.2, 0.25) is 0 Å². The second kappa shape index (κ2) is 11.6. The molecular formula is C33H30N4O2. The molecule has 6 heteroatoms. The van der Waals surface area contributed by atoms with Crippen LogP contribution in [0.1, 0.15) is 32.7 Å². The van der Waals surface area contributed by atoms with Crippen molar-refractivity contribution in [2.75, 3.05) is 19.0 Å². The van der Waals surface area contributed by atoms with Crippen molar-refractivity contribution in [3.05, 3.63) is 131 Å². The summed E-state index contributed by atoms with van der Waals surface area (Å²) in [6.07, 6.45) is 0. The van der Waals surface area contributed by atoms with E-state index in [4.69, 9.17) is 4.74 Å². The third-order valence-corrected chi connectivity index (χ3v) is 6.68. The van der Waals surface area contributed by atoms with Crippen LogP contribution in [-0.2, 0) is 19.7 Å². The highest BCUT2D eigenvalue weighted by Gasteiger charge is 2.19. The number of aromatic nitrogens is 1. The van der Waals surface area contributed by atoms with E-state index in [0.29, 0.717) is 36.7 Å². The minimum Gasteiger partial charge on any atom is -0.488 e. The van der Waals surface area contributed by atoms with Crippen LogP contribution >= 0.6 is 0 Å². The average molecular weight is 515 g/mol. The normalized spacial score (nSPS) is 10.7. The molecule has 0 atom stereocenters. The molecule has 39 heavy (non-hydrogen) atoms. The number of amides is 1. The number of nitrogens with zero attached hydrogens (tertiary/aromatic N) is 3. The second-order valence-electron chi connectivity index (χ2n) is 9.63. The van der Waals surface area contributed by atoms with E-state index in [1.165, 1.54) is 0 Å². The van der Waals surface area contributed by atoms with Gasteiger partial charge in [-0.3, -0.25) is 4.79 Å². The number of nitriles is 1. The summed E-state index contributed by atoms with van der Waals surface area (Å²) in [5.41, 5.74) is 6.15. The molecule has 5 aromatic rings. The van der Waals surface area contributed by atoms with E-state index in [1.807, 2.05) is 121 Å². The summed E-state index contributed by atoms with van der Waals surface area (Å²) in [6.45, 7) is 1.29. The maximum absolute atomic E-state index is 13.6. The van der Waals surface area contributed by atoms with Gasteiger partial charge in [-0.2, -0.15) is 5.26 Å². The van der Waals surface area contributed by atoms with Gasteiger partial charge in [-0.1, -0.05) is 60.7 Å². The van der Waals surface area contributed by atoms with Crippen molar-refractivity contribution in [1.82, 2.24) is 9.88 Å². The van der Waals surface area contributed by atoms with Crippen molar-refractivity contribution < 1.29 is 9.53 Å². The third kappa shape index (κ3) is 5.94. The number of fused-ring (bicyclic) bond motifs is 1. The fourth-order valence-electron chi connectivity index (χ4n) is 4.58. The molecule has 0 saturated heterocycles. The smallest absolute Gasteiger partial charge is 0.268 e. The van der Waals surface area contributed by atoms with Gasteiger partial charge in [0.2, 0.25) is 0 Å². The van der Waals surface area contributed by atoms with Crippen LogP contribution in [0.5, 0.6) is 5.75 Å². The average Bonchev–Trinajstić information content (AvgIpc) is 3.34. The predicted molar refractivity (Wildman–Crippen MR) is 155 cm³/mol. The number of benzene rings is 4. The monoisotopic (exact) mass is 514 g/mol. The fourth-order valence-corrected chi connectivity index (χ4v) is 4.58. The number of carbonyl (C=O) groups is 1. The second-order valence-corrected chi connectivity index (χ2v) is 9.63. The molecule has 0 aliphatic carbocycles. The van der Waals surface area contributed by atoms with Crippen LogP contribution in [0.15, 0.2) is 103 Å². The highest BCUT2D eigenvalue weighted by atomic mass is 16.5. The van der Waals surface area contributed by atoms with Crippen LogP contribution in [0.3, 0.4) is 0 Å². The molecule has 0 aliphatic heterocycles. The number of anilines is 1. The van der Waals surface area contributed by atoms with Crippen molar-refractivity contribution in [2.45, 2.75) is 19.7 Å². The molecule has 1 amide bonds. The standard InChI is InChI=1S/C33H30N4O2/c1-36(2)28-16-14-24(15-17-28)21-35-33(38)31-19-29-30(37(31)22-27-11-6-10-26(18-27)20-34)12-7-13-32(29)39-23-25-8-4-3-5-9-25/h3-19H,21-23H2,1-2H3,(H,35,38). The quantitative estimate of drug-likeness (QED) is 0.257. The lowest BCUT2D eigenvalue weighted by molar-refractivity contribution is 0.0942. The summed E-state index contributed by atoms with van der Waals surface area (Å²) < 4.78 is 8.20. The van der Waals surface area contributed by atoms with E-state index in [9.17, 15) is 10.1 Å². The van der Waals surface area contributed by atoms with Crippen LogP contribution in [0, 0.1) is 11.3 Å². The van der Waals surface area contributed by atoms with Gasteiger partial charge in [-0.15, -0.1) is 0 Å². The van der Waals surface area contributed by atoms with Crippen molar-refractivity contribution in [3.63, 3.8) is 0 Å². The van der Waals surface area contributed by atoms with Crippen LogP contribution in [0.4, 0.5) is 5.69 Å². The summed E-state index contributed by atoms with van der Waals surface area (Å²) in [5.74, 6) is 0.544. The molecule has 1 heterocycles. The van der Waals surface area contributed by atoms with Crippen molar-refractivity contribution in [2.24, 2.45) is 0 Å². The minimum absolute atomic E-state index is 0.173. The molecule has 0 spiro atoms. The Morgan fingerprint density at radius 1 is 0.872 bits per heavy atom. The lowest BCUT2D eigenvalue weighted by Crippen LogP contribution is -2.25. The van der Waals surface area contributed by atoms with Gasteiger partial charge in [-0.05, 0) is 59.2 Å². The number of ether oxygens (including phenoxy) is 1. The van der Waals surface area contributed by atoms with E-state index in [-0.39, 0.29) is 5.91 Å². The van der Waals surface area contributed by atoms with Crippen molar-refractivity contribution in [1.29, 1.82) is 5.26 Å². The minimum atomic E-state index is -0.173. The van der Waals surface area contributed by atoms with Gasteiger partial charge in [0, 0.05) is 38.3 Å². The summed E-state index contributed by atoms with van der Waals surface area (Å²) >= 11 is 0. The van der Waals surface area contributed by atoms with Crippen LogP contribution < -0.4 is 15.0 Å². The first-order valence-corrected chi connectivity index (χ1v) is 12.8. The Hall–Kier alpha value is -5.02. The topological polar surface area (TPSA) is 70.3 Å². The van der Waals surface area contributed by atoms with E-state index in [1.54, 1.807) is 6.07 Å². The molecule has 0 radical (unpaired) electrons. The molecule has 0 aliphatic rings. The molecule has 0 fully saturated rings. The summed E-state index contributed by atoms with van der Waals surface area (Å²) in [5, 5.41) is 13.3. The zero-order valence-electron chi connectivity index (χ0n) is 22.1. The van der Waals surface area contributed by atoms with Crippen molar-refractivity contribution in [3.8, 4) is 11.8 Å². The van der Waals surface area contributed by atoms with E-state index in [2.05, 4.69) is 11.4 Å². The SMILES string of the molecule is CN(C)c1ccc(CNC(=O)c2cc3c(OCc4ccccc4)cccc3n2Cc2cccc(C#N)c2)cc1. The summed E-state index contributed by atoms with van der Waals surface area (Å²) in [4.78, 5) is 15.6. The zero-order chi connectivity index (χ0) is 27.2. The molecular weight excluding hydrogens is 484 g/mol. The third-order valence-electron chi connectivity index (χ3n) is 6.68. The molecule has 1 N–H and O–H groups in total. The van der Waals surface area contributed by atoms with Crippen LogP contribution in [-0.4, -0.2) is 24.6 Å². The molecule has 6 nitrogen and oxygen atoms in total. The summed E-state index contributed by atoms with van der Waals surface area (Å²) in [7, 11) is 4.00. The first-order chi connectivity index (χ1) is 19.0. The maximum atomic E-state index is 13.6. The molecule has 4 aromatic carbocycles. The molecule has 5 rings (SSSR count). The van der Waals surface area contributed by atoms with Gasteiger partial charge in [0.05, 0.1) is 17.1 Å². The number of rotatable bonds is 9.